The van der Waals surface area contributed by atoms with Gasteiger partial charge in [-0.2, -0.15) is 5.10 Å². The Kier molecular flexibility index (Phi) is 3.54. The number of aryl methyl sites for hydroxylation is 1. The number of benzene rings is 1. The third-order valence-corrected chi connectivity index (χ3v) is 2.95. The van der Waals surface area contributed by atoms with Gasteiger partial charge in [-0.05, 0) is 17.7 Å². The number of aromatic nitrogens is 2. The molecule has 0 aliphatic heterocycles. The second-order valence-electron chi connectivity index (χ2n) is 3.94. The largest absolute Gasteiger partial charge is 0.383 e. The highest BCUT2D eigenvalue weighted by atomic mass is 35.5. The predicted octanol–water partition coefficient (Wildman–Crippen LogP) is 2.61. The fraction of sp³-hybridized carbons (Fsp3) is 0.250. The summed E-state index contributed by atoms with van der Waals surface area (Å²) in [5, 5.41) is 4.03. The summed E-state index contributed by atoms with van der Waals surface area (Å²) in [5.74, 6) is -0.115. The van der Waals surface area contributed by atoms with Crippen LogP contribution in [0.3, 0.4) is 0 Å². The van der Waals surface area contributed by atoms with Crippen molar-refractivity contribution in [2.24, 2.45) is 7.05 Å². The monoisotopic (exact) mass is 269 g/mol. The SMILES string of the molecule is COCc1cc(Cl)c(F)c(-c2cnn(C)c2N)c1. The molecule has 0 saturated carbocycles. The molecule has 2 N–H and O–H groups in total. The van der Waals surface area contributed by atoms with E-state index in [0.717, 1.165) is 5.56 Å². The Labute approximate surface area is 109 Å². The van der Waals surface area contributed by atoms with E-state index in [2.05, 4.69) is 5.10 Å². The van der Waals surface area contributed by atoms with Crippen LogP contribution in [0.5, 0.6) is 0 Å². The van der Waals surface area contributed by atoms with E-state index in [0.29, 0.717) is 23.6 Å². The topological polar surface area (TPSA) is 53.1 Å². The molecule has 1 aromatic carbocycles. The zero-order valence-corrected chi connectivity index (χ0v) is 10.8. The standard InChI is InChI=1S/C12H13ClFN3O/c1-17-12(15)9(5-16-17)8-3-7(6-18-2)4-10(13)11(8)14/h3-5H,6,15H2,1-2H3. The summed E-state index contributed by atoms with van der Waals surface area (Å²) < 4.78 is 20.5. The molecule has 6 heteroatoms. The molecular weight excluding hydrogens is 257 g/mol. The summed E-state index contributed by atoms with van der Waals surface area (Å²) in [4.78, 5) is 0. The predicted molar refractivity (Wildman–Crippen MR) is 68.7 cm³/mol. The van der Waals surface area contributed by atoms with Crippen molar-refractivity contribution in [3.63, 3.8) is 0 Å². The van der Waals surface area contributed by atoms with Gasteiger partial charge in [0.1, 0.15) is 11.6 Å². The number of methoxy groups -OCH3 is 1. The summed E-state index contributed by atoms with van der Waals surface area (Å²) in [6.45, 7) is 0.354. The maximum absolute atomic E-state index is 14.0. The summed E-state index contributed by atoms with van der Waals surface area (Å²) in [7, 11) is 3.26. The van der Waals surface area contributed by atoms with Crippen LogP contribution in [-0.4, -0.2) is 16.9 Å². The van der Waals surface area contributed by atoms with E-state index in [-0.39, 0.29) is 5.02 Å². The lowest BCUT2D eigenvalue weighted by Gasteiger charge is -2.08. The number of nitrogens with two attached hydrogens (primary N) is 1. The Morgan fingerprint density at radius 1 is 1.44 bits per heavy atom. The van der Waals surface area contributed by atoms with Gasteiger partial charge in [0.15, 0.2) is 0 Å². The maximum Gasteiger partial charge on any atom is 0.149 e. The fourth-order valence-electron chi connectivity index (χ4n) is 1.75. The summed E-state index contributed by atoms with van der Waals surface area (Å²) >= 11 is 5.87. The number of ether oxygens (including phenoxy) is 1. The van der Waals surface area contributed by atoms with Crippen molar-refractivity contribution in [1.29, 1.82) is 0 Å². The fourth-order valence-corrected chi connectivity index (χ4v) is 1.99. The summed E-state index contributed by atoms with van der Waals surface area (Å²) in [5.41, 5.74) is 7.47. The Hall–Kier alpha value is -1.59. The molecule has 0 unspecified atom stereocenters. The first-order valence-electron chi connectivity index (χ1n) is 5.29. The Morgan fingerprint density at radius 3 is 2.72 bits per heavy atom. The van der Waals surface area contributed by atoms with Crippen LogP contribution in [0.25, 0.3) is 11.1 Å². The molecule has 2 aromatic rings. The van der Waals surface area contributed by atoms with E-state index in [1.165, 1.54) is 16.9 Å². The van der Waals surface area contributed by atoms with Crippen molar-refractivity contribution >= 4 is 17.4 Å². The van der Waals surface area contributed by atoms with Crippen molar-refractivity contribution in [2.75, 3.05) is 12.8 Å². The van der Waals surface area contributed by atoms with Gasteiger partial charge in [-0.3, -0.25) is 4.68 Å². The van der Waals surface area contributed by atoms with Crippen molar-refractivity contribution in [2.45, 2.75) is 6.61 Å². The molecule has 96 valence electrons. The van der Waals surface area contributed by atoms with Gasteiger partial charge in [-0.1, -0.05) is 11.6 Å². The molecule has 0 fully saturated rings. The van der Waals surface area contributed by atoms with E-state index in [9.17, 15) is 4.39 Å². The van der Waals surface area contributed by atoms with Gasteiger partial charge in [0, 0.05) is 25.3 Å². The smallest absolute Gasteiger partial charge is 0.149 e. The van der Waals surface area contributed by atoms with E-state index in [1.807, 2.05) is 0 Å². The molecule has 0 aliphatic rings. The first-order valence-corrected chi connectivity index (χ1v) is 5.67. The van der Waals surface area contributed by atoms with Crippen LogP contribution in [0.2, 0.25) is 5.02 Å². The highest BCUT2D eigenvalue weighted by Gasteiger charge is 2.15. The average Bonchev–Trinajstić information content (AvgIpc) is 2.65. The average molecular weight is 270 g/mol. The van der Waals surface area contributed by atoms with Crippen LogP contribution >= 0.6 is 11.6 Å². The highest BCUT2D eigenvalue weighted by molar-refractivity contribution is 6.31. The van der Waals surface area contributed by atoms with Gasteiger partial charge >= 0.3 is 0 Å². The minimum absolute atomic E-state index is 0.0443. The minimum atomic E-state index is -0.504. The lowest BCUT2D eigenvalue weighted by Crippen LogP contribution is -1.99. The molecule has 0 aliphatic carbocycles. The Morgan fingerprint density at radius 2 is 2.17 bits per heavy atom. The van der Waals surface area contributed by atoms with Gasteiger partial charge in [0.2, 0.25) is 0 Å². The molecule has 0 atom stereocenters. The lowest BCUT2D eigenvalue weighted by molar-refractivity contribution is 0.185. The maximum atomic E-state index is 14.0. The van der Waals surface area contributed by atoms with Crippen molar-refractivity contribution in [1.82, 2.24) is 9.78 Å². The first-order chi connectivity index (χ1) is 8.54. The molecule has 0 amide bonds. The molecule has 0 bridgehead atoms. The van der Waals surface area contributed by atoms with Crippen molar-refractivity contribution < 1.29 is 9.13 Å². The summed E-state index contributed by atoms with van der Waals surface area (Å²) in [6.07, 6.45) is 1.51. The molecule has 1 aromatic heterocycles. The van der Waals surface area contributed by atoms with Crippen molar-refractivity contribution in [3.8, 4) is 11.1 Å². The molecule has 4 nitrogen and oxygen atoms in total. The molecular formula is C12H13ClFN3O. The number of anilines is 1. The van der Waals surface area contributed by atoms with E-state index in [4.69, 9.17) is 22.1 Å². The van der Waals surface area contributed by atoms with E-state index >= 15 is 0 Å². The van der Waals surface area contributed by atoms with Gasteiger partial charge in [0.05, 0.1) is 17.8 Å². The second kappa shape index (κ2) is 4.96. The molecule has 2 rings (SSSR count). The van der Waals surface area contributed by atoms with Gasteiger partial charge in [-0.15, -0.1) is 0 Å². The van der Waals surface area contributed by atoms with Crippen LogP contribution in [-0.2, 0) is 18.4 Å². The highest BCUT2D eigenvalue weighted by Crippen LogP contribution is 2.32. The second-order valence-corrected chi connectivity index (χ2v) is 4.35. The zero-order valence-electron chi connectivity index (χ0n) is 10.1. The number of nitrogen functional groups attached to an aromatic ring is 1. The third-order valence-electron chi connectivity index (χ3n) is 2.67. The number of halogens is 2. The number of rotatable bonds is 3. The summed E-state index contributed by atoms with van der Waals surface area (Å²) in [6, 6.07) is 3.20. The molecule has 1 heterocycles. The molecule has 0 saturated heterocycles. The van der Waals surface area contributed by atoms with Gasteiger partial charge < -0.3 is 10.5 Å². The van der Waals surface area contributed by atoms with Crippen LogP contribution in [0.15, 0.2) is 18.3 Å². The quantitative estimate of drug-likeness (QED) is 0.932. The van der Waals surface area contributed by atoms with Crippen LogP contribution < -0.4 is 5.73 Å². The number of hydrogen-bond acceptors (Lipinski definition) is 3. The Balaban J connectivity index is 2.59. The Bertz CT molecular complexity index is 583. The lowest BCUT2D eigenvalue weighted by atomic mass is 10.0. The van der Waals surface area contributed by atoms with Crippen molar-refractivity contribution in [3.05, 3.63) is 34.7 Å². The third kappa shape index (κ3) is 2.19. The first kappa shape index (κ1) is 12.9. The van der Waals surface area contributed by atoms with Crippen LogP contribution in [0, 0.1) is 5.82 Å². The van der Waals surface area contributed by atoms with Gasteiger partial charge in [0.25, 0.3) is 0 Å². The molecule has 0 radical (unpaired) electrons. The van der Waals surface area contributed by atoms with E-state index < -0.39 is 5.82 Å². The number of nitrogens with zero attached hydrogens (tertiary/aromatic N) is 2. The van der Waals surface area contributed by atoms with Gasteiger partial charge in [-0.25, -0.2) is 4.39 Å². The molecule has 18 heavy (non-hydrogen) atoms. The zero-order chi connectivity index (χ0) is 13.3. The van der Waals surface area contributed by atoms with Crippen LogP contribution in [0.1, 0.15) is 5.56 Å². The van der Waals surface area contributed by atoms with Crippen LogP contribution in [0.4, 0.5) is 10.2 Å². The van der Waals surface area contributed by atoms with E-state index in [1.54, 1.807) is 20.2 Å². The normalized spacial score (nSPS) is 10.9. The molecule has 0 spiro atoms. The minimum Gasteiger partial charge on any atom is -0.383 e. The number of hydrogen-bond donors (Lipinski definition) is 1.